The van der Waals surface area contributed by atoms with Crippen molar-refractivity contribution in [1.82, 2.24) is 10.3 Å². The number of aromatic nitrogens is 1. The highest BCUT2D eigenvalue weighted by atomic mass is 32.1. The number of carbonyl (C=O) groups is 1. The molecule has 5 heteroatoms. The third-order valence-corrected chi connectivity index (χ3v) is 3.64. The van der Waals surface area contributed by atoms with Crippen molar-refractivity contribution in [2.24, 2.45) is 0 Å². The molecule has 0 bridgehead atoms. The molecular formula is C12H20N2O2S. The van der Waals surface area contributed by atoms with Crippen LogP contribution in [0.3, 0.4) is 0 Å². The van der Waals surface area contributed by atoms with Gasteiger partial charge in [-0.3, -0.25) is 0 Å². The molecule has 1 rings (SSSR count). The number of thiazole rings is 1. The van der Waals surface area contributed by atoms with Crippen LogP contribution in [0.5, 0.6) is 0 Å². The Morgan fingerprint density at radius 2 is 2.18 bits per heavy atom. The van der Waals surface area contributed by atoms with Gasteiger partial charge in [0.2, 0.25) is 0 Å². The average Bonchev–Trinajstić information content (AvgIpc) is 2.72. The molecule has 0 amide bonds. The van der Waals surface area contributed by atoms with E-state index in [0.29, 0.717) is 17.0 Å². The van der Waals surface area contributed by atoms with Crippen molar-refractivity contribution in [2.75, 3.05) is 13.1 Å². The Hall–Kier alpha value is -0.940. The predicted octanol–water partition coefficient (Wildman–Crippen LogP) is 2.34. The largest absolute Gasteiger partial charge is 0.477 e. The van der Waals surface area contributed by atoms with Gasteiger partial charge in [0.25, 0.3) is 0 Å². The molecule has 96 valence electrons. The molecule has 17 heavy (non-hydrogen) atoms. The highest BCUT2D eigenvalue weighted by Gasteiger charge is 2.15. The summed E-state index contributed by atoms with van der Waals surface area (Å²) in [4.78, 5) is 15.7. The van der Waals surface area contributed by atoms with Crippen LogP contribution in [0.4, 0.5) is 0 Å². The fourth-order valence-corrected chi connectivity index (χ4v) is 2.53. The normalized spacial score (nSPS) is 10.7. The van der Waals surface area contributed by atoms with Crippen LogP contribution in [0.25, 0.3) is 0 Å². The van der Waals surface area contributed by atoms with E-state index in [4.69, 9.17) is 5.11 Å². The van der Waals surface area contributed by atoms with Gasteiger partial charge in [-0.05, 0) is 19.4 Å². The van der Waals surface area contributed by atoms with Crippen LogP contribution >= 0.6 is 11.3 Å². The molecule has 2 N–H and O–H groups in total. The van der Waals surface area contributed by atoms with Gasteiger partial charge in [-0.25, -0.2) is 9.78 Å². The third-order valence-electron chi connectivity index (χ3n) is 2.49. The highest BCUT2D eigenvalue weighted by molar-refractivity contribution is 7.13. The number of aromatic carboxylic acids is 1. The van der Waals surface area contributed by atoms with Crippen molar-refractivity contribution in [2.45, 2.75) is 39.5 Å². The van der Waals surface area contributed by atoms with Crippen molar-refractivity contribution in [1.29, 1.82) is 0 Å². The van der Waals surface area contributed by atoms with E-state index in [-0.39, 0.29) is 0 Å². The van der Waals surface area contributed by atoms with E-state index in [1.165, 1.54) is 24.2 Å². The summed E-state index contributed by atoms with van der Waals surface area (Å²) in [5.74, 6) is -0.857. The fraction of sp³-hybridized carbons (Fsp3) is 0.667. The second-order valence-corrected chi connectivity index (χ2v) is 4.98. The molecule has 0 aliphatic rings. The van der Waals surface area contributed by atoms with Crippen molar-refractivity contribution in [3.05, 3.63) is 15.6 Å². The van der Waals surface area contributed by atoms with Crippen molar-refractivity contribution >= 4 is 17.3 Å². The zero-order valence-corrected chi connectivity index (χ0v) is 11.3. The number of rotatable bonds is 8. The summed E-state index contributed by atoms with van der Waals surface area (Å²) in [6.45, 7) is 5.99. The smallest absolute Gasteiger partial charge is 0.347 e. The van der Waals surface area contributed by atoms with Crippen molar-refractivity contribution < 1.29 is 9.90 Å². The minimum absolute atomic E-state index is 0.399. The molecule has 0 unspecified atom stereocenters. The minimum Gasteiger partial charge on any atom is -0.477 e. The topological polar surface area (TPSA) is 62.2 Å². The SMILES string of the molecule is CCCCNCCc1nc(CC)c(C(=O)O)s1. The Morgan fingerprint density at radius 1 is 1.41 bits per heavy atom. The van der Waals surface area contributed by atoms with Crippen LogP contribution in [0.2, 0.25) is 0 Å². The maximum Gasteiger partial charge on any atom is 0.347 e. The molecule has 0 aromatic carbocycles. The predicted molar refractivity (Wildman–Crippen MR) is 69.9 cm³/mol. The summed E-state index contributed by atoms with van der Waals surface area (Å²) in [5, 5.41) is 13.3. The van der Waals surface area contributed by atoms with Crippen LogP contribution < -0.4 is 5.32 Å². The van der Waals surface area contributed by atoms with E-state index in [2.05, 4.69) is 17.2 Å². The first-order valence-corrected chi connectivity index (χ1v) is 6.93. The second kappa shape index (κ2) is 7.40. The van der Waals surface area contributed by atoms with Gasteiger partial charge in [-0.2, -0.15) is 0 Å². The van der Waals surface area contributed by atoms with Gasteiger partial charge in [0.15, 0.2) is 0 Å². The van der Waals surface area contributed by atoms with Gasteiger partial charge in [-0.15, -0.1) is 11.3 Å². The maximum absolute atomic E-state index is 11.0. The first-order chi connectivity index (χ1) is 8.19. The molecule has 0 spiro atoms. The lowest BCUT2D eigenvalue weighted by molar-refractivity contribution is 0.0701. The fourth-order valence-electron chi connectivity index (χ4n) is 1.54. The van der Waals surface area contributed by atoms with Gasteiger partial charge in [0, 0.05) is 13.0 Å². The van der Waals surface area contributed by atoms with Crippen molar-refractivity contribution in [3.63, 3.8) is 0 Å². The van der Waals surface area contributed by atoms with Gasteiger partial charge < -0.3 is 10.4 Å². The number of carboxylic acids is 1. The van der Waals surface area contributed by atoms with Gasteiger partial charge in [0.05, 0.1) is 10.7 Å². The Morgan fingerprint density at radius 3 is 2.71 bits per heavy atom. The van der Waals surface area contributed by atoms with Gasteiger partial charge in [0.1, 0.15) is 4.88 Å². The quantitative estimate of drug-likeness (QED) is 0.701. The Balaban J connectivity index is 2.46. The highest BCUT2D eigenvalue weighted by Crippen LogP contribution is 2.19. The summed E-state index contributed by atoms with van der Waals surface area (Å²) < 4.78 is 0. The summed E-state index contributed by atoms with van der Waals surface area (Å²) in [5.41, 5.74) is 0.714. The monoisotopic (exact) mass is 256 g/mol. The molecule has 0 fully saturated rings. The summed E-state index contributed by atoms with van der Waals surface area (Å²) in [6.07, 6.45) is 3.86. The van der Waals surface area contributed by atoms with Gasteiger partial charge in [-0.1, -0.05) is 20.3 Å². The molecule has 0 saturated heterocycles. The molecule has 1 aromatic rings. The van der Waals surface area contributed by atoms with E-state index in [1.54, 1.807) is 0 Å². The molecule has 4 nitrogen and oxygen atoms in total. The Labute approximate surface area is 106 Å². The number of unbranched alkanes of at least 4 members (excludes halogenated alkanes) is 1. The van der Waals surface area contributed by atoms with E-state index >= 15 is 0 Å². The standard InChI is InChI=1S/C12H20N2O2S/c1-3-5-7-13-8-6-10-14-9(4-2)11(17-10)12(15)16/h13H,3-8H2,1-2H3,(H,15,16). The van der Waals surface area contributed by atoms with E-state index in [0.717, 1.165) is 24.5 Å². The van der Waals surface area contributed by atoms with E-state index in [1.807, 2.05) is 6.92 Å². The number of hydrogen-bond donors (Lipinski definition) is 2. The van der Waals surface area contributed by atoms with Crippen LogP contribution in [-0.4, -0.2) is 29.1 Å². The third kappa shape index (κ3) is 4.44. The second-order valence-electron chi connectivity index (χ2n) is 3.90. The first-order valence-electron chi connectivity index (χ1n) is 6.11. The minimum atomic E-state index is -0.857. The Kier molecular flexibility index (Phi) is 6.15. The molecule has 0 atom stereocenters. The number of hydrogen-bond acceptors (Lipinski definition) is 4. The average molecular weight is 256 g/mol. The lowest BCUT2D eigenvalue weighted by Crippen LogP contribution is -2.18. The molecule has 0 aliphatic carbocycles. The first kappa shape index (κ1) is 14.1. The summed E-state index contributed by atoms with van der Waals surface area (Å²) in [6, 6.07) is 0. The number of aryl methyl sites for hydroxylation is 1. The summed E-state index contributed by atoms with van der Waals surface area (Å²) in [7, 11) is 0. The van der Waals surface area contributed by atoms with Crippen LogP contribution in [0.15, 0.2) is 0 Å². The Bertz CT molecular complexity index is 363. The van der Waals surface area contributed by atoms with E-state index in [9.17, 15) is 4.79 Å². The molecule has 0 aliphatic heterocycles. The lowest BCUT2D eigenvalue weighted by Gasteiger charge is -2.00. The molecular weight excluding hydrogens is 236 g/mol. The van der Waals surface area contributed by atoms with Crippen LogP contribution in [0.1, 0.15) is 47.1 Å². The van der Waals surface area contributed by atoms with Crippen LogP contribution in [-0.2, 0) is 12.8 Å². The van der Waals surface area contributed by atoms with Crippen LogP contribution in [0, 0.1) is 0 Å². The summed E-state index contributed by atoms with van der Waals surface area (Å²) >= 11 is 1.31. The molecule has 1 aromatic heterocycles. The number of nitrogens with zero attached hydrogens (tertiary/aromatic N) is 1. The molecule has 0 saturated carbocycles. The molecule has 1 heterocycles. The molecule has 0 radical (unpaired) electrons. The van der Waals surface area contributed by atoms with E-state index < -0.39 is 5.97 Å². The maximum atomic E-state index is 11.0. The van der Waals surface area contributed by atoms with Crippen molar-refractivity contribution in [3.8, 4) is 0 Å². The lowest BCUT2D eigenvalue weighted by atomic mass is 10.3. The number of carboxylic acid groups (broad SMARTS) is 1. The zero-order valence-electron chi connectivity index (χ0n) is 10.5. The van der Waals surface area contributed by atoms with Gasteiger partial charge >= 0.3 is 5.97 Å². The zero-order chi connectivity index (χ0) is 12.7. The number of nitrogens with one attached hydrogen (secondary N) is 1.